The van der Waals surface area contributed by atoms with Crippen LogP contribution in [0.25, 0.3) is 0 Å². The zero-order valence-corrected chi connectivity index (χ0v) is 9.27. The van der Waals surface area contributed by atoms with Crippen LogP contribution in [0.4, 0.5) is 0 Å². The highest BCUT2D eigenvalue weighted by atomic mass is 16.5. The lowest BCUT2D eigenvalue weighted by molar-refractivity contribution is 0.0994. The van der Waals surface area contributed by atoms with E-state index in [1.54, 1.807) is 19.2 Å². The van der Waals surface area contributed by atoms with Crippen LogP contribution in [0, 0.1) is 0 Å². The van der Waals surface area contributed by atoms with Crippen LogP contribution < -0.4 is 4.65 Å². The van der Waals surface area contributed by atoms with Gasteiger partial charge in [0.25, 0.3) is 0 Å². The van der Waals surface area contributed by atoms with Crippen LogP contribution in [-0.4, -0.2) is 25.0 Å². The molecular weight excluding hydrogens is 207 g/mol. The van der Waals surface area contributed by atoms with Gasteiger partial charge in [-0.05, 0) is 13.0 Å². The predicted octanol–water partition coefficient (Wildman–Crippen LogP) is 1.45. The molecule has 1 atom stereocenters. The topological polar surface area (TPSA) is 55.8 Å². The first kappa shape index (κ1) is 11.2. The summed E-state index contributed by atoms with van der Waals surface area (Å²) in [4.78, 5) is 11.4. The van der Waals surface area contributed by atoms with E-state index in [4.69, 9.17) is 9.39 Å². The van der Waals surface area contributed by atoms with Gasteiger partial charge in [-0.2, -0.15) is 0 Å². The van der Waals surface area contributed by atoms with Gasteiger partial charge in [0.1, 0.15) is 5.75 Å². The van der Waals surface area contributed by atoms with Crippen molar-refractivity contribution < 1.29 is 19.2 Å². The molecule has 0 fully saturated rings. The molecule has 0 radical (unpaired) electrons. The smallest absolute Gasteiger partial charge is 0.525 e. The third-order valence-electron chi connectivity index (χ3n) is 2.73. The number of Topliss-reactive ketones (excluding diaryl/α,β-unsaturated/α-hetero) is 1. The number of ketones is 1. The molecule has 0 aromatic heterocycles. The van der Waals surface area contributed by atoms with Crippen molar-refractivity contribution in [2.45, 2.75) is 19.3 Å². The van der Waals surface area contributed by atoms with Crippen LogP contribution in [0.5, 0.6) is 5.75 Å². The molecule has 2 rings (SSSR count). The summed E-state index contributed by atoms with van der Waals surface area (Å²) in [6.45, 7) is 1.47. The van der Waals surface area contributed by atoms with Crippen molar-refractivity contribution in [2.75, 3.05) is 7.11 Å². The predicted molar refractivity (Wildman–Crippen MR) is 59.6 cm³/mol. The number of ether oxygens (including phenoxy) is 1. The summed E-state index contributed by atoms with van der Waals surface area (Å²) in [5, 5.41) is 9.55. The Morgan fingerprint density at radius 2 is 2.38 bits per heavy atom. The molecule has 1 heterocycles. The molecule has 5 heteroatoms. The van der Waals surface area contributed by atoms with Gasteiger partial charge in [-0.3, -0.25) is 4.79 Å². The largest absolute Gasteiger partial charge is 0.535 e. The third kappa shape index (κ3) is 1.84. The second-order valence-corrected chi connectivity index (χ2v) is 3.81. The van der Waals surface area contributed by atoms with E-state index >= 15 is 0 Å². The zero-order chi connectivity index (χ0) is 11.7. The number of carbonyl (C=O) groups excluding carboxylic acids is 1. The first-order valence-electron chi connectivity index (χ1n) is 5.15. The van der Waals surface area contributed by atoms with Gasteiger partial charge < -0.3 is 14.4 Å². The Hall–Kier alpha value is -1.33. The molecular formula is C11H13BO4. The Kier molecular flexibility index (Phi) is 2.98. The van der Waals surface area contributed by atoms with E-state index in [1.807, 2.05) is 6.07 Å². The normalized spacial score (nSPS) is 18.9. The number of rotatable bonds is 2. The highest BCUT2D eigenvalue weighted by Crippen LogP contribution is 2.38. The number of methoxy groups -OCH3 is 1. The minimum Gasteiger partial charge on any atom is -0.535 e. The fourth-order valence-electron chi connectivity index (χ4n) is 1.93. The Balaban J connectivity index is 2.52. The van der Waals surface area contributed by atoms with Crippen molar-refractivity contribution in [3.8, 4) is 5.75 Å². The van der Waals surface area contributed by atoms with E-state index in [9.17, 15) is 9.82 Å². The molecule has 0 bridgehead atoms. The van der Waals surface area contributed by atoms with E-state index in [0.717, 1.165) is 5.56 Å². The van der Waals surface area contributed by atoms with Crippen molar-refractivity contribution >= 4 is 12.9 Å². The van der Waals surface area contributed by atoms with E-state index < -0.39 is 7.12 Å². The highest BCUT2D eigenvalue weighted by Gasteiger charge is 2.33. The summed E-state index contributed by atoms with van der Waals surface area (Å²) < 4.78 is 10.6. The van der Waals surface area contributed by atoms with Gasteiger partial charge in [0, 0.05) is 19.0 Å². The lowest BCUT2D eigenvalue weighted by Gasteiger charge is -2.27. The summed E-state index contributed by atoms with van der Waals surface area (Å²) in [6, 6.07) is 5.33. The molecule has 1 aliphatic rings. The lowest BCUT2D eigenvalue weighted by Crippen LogP contribution is -2.31. The molecule has 0 saturated heterocycles. The maximum atomic E-state index is 11.4. The highest BCUT2D eigenvalue weighted by molar-refractivity contribution is 6.44. The zero-order valence-electron chi connectivity index (χ0n) is 9.27. The molecule has 0 aliphatic carbocycles. The van der Waals surface area contributed by atoms with Crippen molar-refractivity contribution in [3.05, 3.63) is 29.3 Å². The number of benzene rings is 1. The van der Waals surface area contributed by atoms with Crippen LogP contribution >= 0.6 is 0 Å². The SMILES string of the molecule is CO[C@@H]1CB(O)Oc2c(C(C)=O)cccc21. The number of carbonyl (C=O) groups is 1. The molecule has 1 aliphatic heterocycles. The second kappa shape index (κ2) is 4.27. The van der Waals surface area contributed by atoms with E-state index in [2.05, 4.69) is 0 Å². The second-order valence-electron chi connectivity index (χ2n) is 3.81. The first-order chi connectivity index (χ1) is 7.63. The van der Waals surface area contributed by atoms with E-state index in [-0.39, 0.29) is 11.9 Å². The molecule has 0 unspecified atom stereocenters. The third-order valence-corrected chi connectivity index (χ3v) is 2.73. The molecule has 1 aromatic rings. The summed E-state index contributed by atoms with van der Waals surface area (Å²) >= 11 is 0. The lowest BCUT2D eigenvalue weighted by atomic mass is 9.76. The maximum absolute atomic E-state index is 11.4. The van der Waals surface area contributed by atoms with Crippen molar-refractivity contribution in [2.24, 2.45) is 0 Å². The van der Waals surface area contributed by atoms with Crippen LogP contribution in [0.1, 0.15) is 28.9 Å². The number of fused-ring (bicyclic) bond motifs is 1. The van der Waals surface area contributed by atoms with Gasteiger partial charge in [-0.1, -0.05) is 12.1 Å². The molecule has 4 nitrogen and oxygen atoms in total. The van der Waals surface area contributed by atoms with Crippen LogP contribution in [-0.2, 0) is 4.74 Å². The van der Waals surface area contributed by atoms with Crippen LogP contribution in [0.15, 0.2) is 18.2 Å². The monoisotopic (exact) mass is 220 g/mol. The molecule has 0 spiro atoms. The molecule has 1 N–H and O–H groups in total. The van der Waals surface area contributed by atoms with Crippen LogP contribution in [0.3, 0.4) is 0 Å². The average molecular weight is 220 g/mol. The average Bonchev–Trinajstić information content (AvgIpc) is 2.26. The maximum Gasteiger partial charge on any atom is 0.525 e. The summed E-state index contributed by atoms with van der Waals surface area (Å²) in [6.07, 6.45) is 0.156. The number of hydrogen-bond acceptors (Lipinski definition) is 4. The van der Waals surface area contributed by atoms with Crippen molar-refractivity contribution in [3.63, 3.8) is 0 Å². The minimum atomic E-state index is -0.919. The Labute approximate surface area is 94.3 Å². The first-order valence-corrected chi connectivity index (χ1v) is 5.15. The fourth-order valence-corrected chi connectivity index (χ4v) is 1.93. The van der Waals surface area contributed by atoms with Gasteiger partial charge in [-0.15, -0.1) is 0 Å². The number of hydrogen-bond donors (Lipinski definition) is 1. The standard InChI is InChI=1S/C11H13BO4/c1-7(13)8-4-3-5-9-10(15-2)6-12(14)16-11(8)9/h3-5,10,14H,6H2,1-2H3/t10-/m1/s1. The minimum absolute atomic E-state index is 0.0826. The van der Waals surface area contributed by atoms with Gasteiger partial charge in [0.05, 0.1) is 11.7 Å². The number of para-hydroxylation sites is 1. The quantitative estimate of drug-likeness (QED) is 0.605. The van der Waals surface area contributed by atoms with Crippen molar-refractivity contribution in [1.29, 1.82) is 0 Å². The summed E-state index contributed by atoms with van der Waals surface area (Å²) in [7, 11) is 0.658. The van der Waals surface area contributed by atoms with E-state index in [0.29, 0.717) is 17.6 Å². The molecule has 1 aromatic carbocycles. The molecule has 84 valence electrons. The van der Waals surface area contributed by atoms with E-state index in [1.165, 1.54) is 6.92 Å². The van der Waals surface area contributed by atoms with Gasteiger partial charge in [0.15, 0.2) is 5.78 Å². The Bertz CT molecular complexity index is 418. The van der Waals surface area contributed by atoms with Crippen LogP contribution in [0.2, 0.25) is 6.32 Å². The summed E-state index contributed by atoms with van der Waals surface area (Å²) in [5.41, 5.74) is 1.30. The molecule has 0 saturated carbocycles. The van der Waals surface area contributed by atoms with Gasteiger partial charge in [-0.25, -0.2) is 0 Å². The summed E-state index contributed by atoms with van der Waals surface area (Å²) in [5.74, 6) is 0.362. The van der Waals surface area contributed by atoms with Gasteiger partial charge >= 0.3 is 7.12 Å². The Morgan fingerprint density at radius 1 is 1.62 bits per heavy atom. The van der Waals surface area contributed by atoms with Gasteiger partial charge in [0.2, 0.25) is 0 Å². The molecule has 0 amide bonds. The Morgan fingerprint density at radius 3 is 3.00 bits per heavy atom. The fraction of sp³-hybridized carbons (Fsp3) is 0.364. The molecule has 16 heavy (non-hydrogen) atoms. The van der Waals surface area contributed by atoms with Crippen molar-refractivity contribution in [1.82, 2.24) is 0 Å².